The van der Waals surface area contributed by atoms with E-state index in [0.717, 1.165) is 43.3 Å². The Kier molecular flexibility index (Phi) is 4.22. The molecule has 0 radical (unpaired) electrons. The Hall–Kier alpha value is -2.62. The van der Waals surface area contributed by atoms with Gasteiger partial charge in [0.1, 0.15) is 5.82 Å². The number of hydrogen-bond donors (Lipinski definition) is 0. The molecule has 2 aliphatic rings. The van der Waals surface area contributed by atoms with E-state index in [1.807, 2.05) is 24.3 Å². The first-order valence-corrected chi connectivity index (χ1v) is 10.3. The van der Waals surface area contributed by atoms with Crippen LogP contribution in [0.3, 0.4) is 0 Å². The summed E-state index contributed by atoms with van der Waals surface area (Å²) in [6.07, 6.45) is 6.17. The van der Waals surface area contributed by atoms with Crippen molar-refractivity contribution >= 4 is 16.8 Å². The number of benzene rings is 2. The van der Waals surface area contributed by atoms with E-state index >= 15 is 0 Å². The van der Waals surface area contributed by atoms with Crippen molar-refractivity contribution in [2.75, 3.05) is 0 Å². The van der Waals surface area contributed by atoms with Gasteiger partial charge >= 0.3 is 0 Å². The first kappa shape index (κ1) is 17.5. The second-order valence-electron chi connectivity index (χ2n) is 8.19. The Bertz CT molecular complexity index is 1010. The van der Waals surface area contributed by atoms with Crippen LogP contribution in [-0.4, -0.2) is 27.5 Å². The van der Waals surface area contributed by atoms with Crippen LogP contribution < -0.4 is 0 Å². The number of halogens is 1. The minimum absolute atomic E-state index is 0.163. The summed E-state index contributed by atoms with van der Waals surface area (Å²) in [6, 6.07) is 15.7. The average Bonchev–Trinajstić information content (AvgIpc) is 3.25. The predicted octanol–water partition coefficient (Wildman–Crippen LogP) is 5.35. The Labute approximate surface area is 164 Å². The number of fused-ring (bicyclic) bond motifs is 3. The van der Waals surface area contributed by atoms with Crippen LogP contribution in [0.2, 0.25) is 0 Å². The summed E-state index contributed by atoms with van der Waals surface area (Å²) in [5.74, 6) is 0.393. The molecular weight excluding hydrogens is 351 g/mol. The highest BCUT2D eigenvalue weighted by molar-refractivity contribution is 5.98. The van der Waals surface area contributed by atoms with Crippen LogP contribution in [0.1, 0.15) is 54.4 Å². The maximum atomic E-state index is 13.4. The molecule has 3 aromatic rings. The van der Waals surface area contributed by atoms with E-state index in [0.29, 0.717) is 5.92 Å². The Morgan fingerprint density at radius 1 is 1.04 bits per heavy atom. The predicted molar refractivity (Wildman–Crippen MR) is 109 cm³/mol. The lowest BCUT2D eigenvalue weighted by Crippen LogP contribution is -2.46. The minimum Gasteiger partial charge on any atom is -0.348 e. The maximum Gasteiger partial charge on any atom is 0.254 e. The van der Waals surface area contributed by atoms with Gasteiger partial charge in [-0.1, -0.05) is 18.2 Å². The maximum absolute atomic E-state index is 13.4. The summed E-state index contributed by atoms with van der Waals surface area (Å²) in [7, 11) is 0. The minimum atomic E-state index is -0.188. The third-order valence-corrected chi connectivity index (χ3v) is 6.67. The van der Waals surface area contributed by atoms with Crippen LogP contribution in [0.4, 0.5) is 4.39 Å². The van der Waals surface area contributed by atoms with Gasteiger partial charge in [-0.05, 0) is 79.8 Å². The third-order valence-electron chi connectivity index (χ3n) is 6.67. The van der Waals surface area contributed by atoms with Crippen molar-refractivity contribution in [2.45, 2.75) is 57.2 Å². The molecule has 2 saturated heterocycles. The Morgan fingerprint density at radius 2 is 1.75 bits per heavy atom. The van der Waals surface area contributed by atoms with Crippen LogP contribution in [0.15, 0.2) is 54.7 Å². The summed E-state index contributed by atoms with van der Waals surface area (Å²) >= 11 is 0. The van der Waals surface area contributed by atoms with Crippen molar-refractivity contribution < 1.29 is 9.18 Å². The first-order valence-electron chi connectivity index (χ1n) is 10.3. The molecule has 2 aromatic carbocycles. The molecule has 1 aromatic heterocycles. The van der Waals surface area contributed by atoms with Crippen LogP contribution >= 0.6 is 0 Å². The Balaban J connectivity index is 1.40. The van der Waals surface area contributed by atoms with E-state index in [1.165, 1.54) is 10.9 Å². The molecular formula is C24H25FN2O. The van der Waals surface area contributed by atoms with Crippen molar-refractivity contribution in [3.63, 3.8) is 0 Å². The van der Waals surface area contributed by atoms with Gasteiger partial charge in [-0.3, -0.25) is 4.79 Å². The zero-order valence-corrected chi connectivity index (χ0v) is 16.1. The molecule has 1 amide bonds. The molecule has 1 unspecified atom stereocenters. The average molecular weight is 376 g/mol. The van der Waals surface area contributed by atoms with Gasteiger partial charge in [-0.25, -0.2) is 4.39 Å². The van der Waals surface area contributed by atoms with Gasteiger partial charge in [-0.2, -0.15) is 0 Å². The molecule has 5 rings (SSSR count). The quantitative estimate of drug-likeness (QED) is 0.605. The molecule has 2 bridgehead atoms. The van der Waals surface area contributed by atoms with Crippen LogP contribution in [0.25, 0.3) is 10.9 Å². The van der Waals surface area contributed by atoms with Gasteiger partial charge < -0.3 is 9.47 Å². The monoisotopic (exact) mass is 376 g/mol. The van der Waals surface area contributed by atoms with Crippen molar-refractivity contribution in [3.05, 3.63) is 71.7 Å². The number of carbonyl (C=O) groups excluding carboxylic acids is 1. The van der Waals surface area contributed by atoms with Gasteiger partial charge in [0, 0.05) is 35.9 Å². The standard InChI is InChI=1S/C24H25FN2O/c1-2-26-12-11-17-3-4-18(15-23(17)26)24(28)27-21-9-10-22(27)14-19(13-21)16-5-7-20(25)8-6-16/h3-8,11-12,15,19,21-22H,2,9-10,13-14H2,1H3/t19?,21-,22+. The van der Waals surface area contributed by atoms with Crippen molar-refractivity contribution in [1.82, 2.24) is 9.47 Å². The number of aryl methyl sites for hydroxylation is 1. The number of piperidine rings is 1. The van der Waals surface area contributed by atoms with Gasteiger partial charge in [0.05, 0.1) is 0 Å². The molecule has 3 nitrogen and oxygen atoms in total. The second kappa shape index (κ2) is 6.77. The van der Waals surface area contributed by atoms with E-state index < -0.39 is 0 Å². The highest BCUT2D eigenvalue weighted by atomic mass is 19.1. The molecule has 3 atom stereocenters. The summed E-state index contributed by atoms with van der Waals surface area (Å²) in [4.78, 5) is 15.5. The molecule has 3 heterocycles. The van der Waals surface area contributed by atoms with Crippen molar-refractivity contribution in [1.29, 1.82) is 0 Å². The molecule has 0 N–H and O–H groups in total. The fourth-order valence-corrected chi connectivity index (χ4v) is 5.26. The lowest BCUT2D eigenvalue weighted by molar-refractivity contribution is 0.0571. The van der Waals surface area contributed by atoms with E-state index in [9.17, 15) is 9.18 Å². The molecule has 0 aliphatic carbocycles. The Morgan fingerprint density at radius 3 is 2.43 bits per heavy atom. The van der Waals surface area contributed by atoms with Gasteiger partial charge in [0.25, 0.3) is 5.91 Å². The number of rotatable bonds is 3. The molecule has 28 heavy (non-hydrogen) atoms. The lowest BCUT2D eigenvalue weighted by Gasteiger charge is -2.39. The molecule has 2 aliphatic heterocycles. The van der Waals surface area contributed by atoms with Gasteiger partial charge in [0.15, 0.2) is 0 Å². The normalized spacial score (nSPS) is 24.1. The largest absolute Gasteiger partial charge is 0.348 e. The number of nitrogens with zero attached hydrogens (tertiary/aromatic N) is 2. The zero-order chi connectivity index (χ0) is 19.3. The van der Waals surface area contributed by atoms with E-state index in [-0.39, 0.29) is 23.8 Å². The number of carbonyl (C=O) groups is 1. The molecule has 4 heteroatoms. The zero-order valence-electron chi connectivity index (χ0n) is 16.1. The molecule has 0 saturated carbocycles. The molecule has 2 fully saturated rings. The van der Waals surface area contributed by atoms with Crippen molar-refractivity contribution in [2.24, 2.45) is 0 Å². The van der Waals surface area contributed by atoms with Crippen LogP contribution in [0, 0.1) is 5.82 Å². The summed E-state index contributed by atoms with van der Waals surface area (Å²) in [5.41, 5.74) is 3.12. The van der Waals surface area contributed by atoms with Gasteiger partial charge in [0.2, 0.25) is 0 Å². The summed E-state index contributed by atoms with van der Waals surface area (Å²) in [5, 5.41) is 1.18. The van der Waals surface area contributed by atoms with E-state index in [2.05, 4.69) is 34.7 Å². The summed E-state index contributed by atoms with van der Waals surface area (Å²) < 4.78 is 15.4. The van der Waals surface area contributed by atoms with E-state index in [4.69, 9.17) is 0 Å². The fourth-order valence-electron chi connectivity index (χ4n) is 5.26. The fraction of sp³-hybridized carbons (Fsp3) is 0.375. The topological polar surface area (TPSA) is 25.2 Å². The second-order valence-corrected chi connectivity index (χ2v) is 8.19. The molecule has 144 valence electrons. The number of hydrogen-bond acceptors (Lipinski definition) is 1. The smallest absolute Gasteiger partial charge is 0.254 e. The highest BCUT2D eigenvalue weighted by Crippen LogP contribution is 2.43. The third kappa shape index (κ3) is 2.83. The molecule has 0 spiro atoms. The SMILES string of the molecule is CCn1ccc2ccc(C(=O)N3[C@@H]4CC[C@H]3CC(c3ccc(F)cc3)C4)cc21. The van der Waals surface area contributed by atoms with Crippen molar-refractivity contribution in [3.8, 4) is 0 Å². The number of aromatic nitrogens is 1. The summed E-state index contributed by atoms with van der Waals surface area (Å²) in [6.45, 7) is 3.02. The number of amides is 1. The first-order chi connectivity index (χ1) is 13.6. The highest BCUT2D eigenvalue weighted by Gasteiger charge is 2.43. The van der Waals surface area contributed by atoms with E-state index in [1.54, 1.807) is 12.1 Å². The lowest BCUT2D eigenvalue weighted by atomic mass is 9.85. The van der Waals surface area contributed by atoms with Gasteiger partial charge in [-0.15, -0.1) is 0 Å². The van der Waals surface area contributed by atoms with Crippen LogP contribution in [0.5, 0.6) is 0 Å². The van der Waals surface area contributed by atoms with Crippen LogP contribution in [-0.2, 0) is 6.54 Å².